The van der Waals surface area contributed by atoms with Gasteiger partial charge in [-0.15, -0.1) is 0 Å². The molecule has 0 N–H and O–H groups in total. The quantitative estimate of drug-likeness (QED) is 0.0841. The predicted molar refractivity (Wildman–Crippen MR) is 155 cm³/mol. The molecule has 4 aromatic carbocycles. The van der Waals surface area contributed by atoms with Gasteiger partial charge in [-0.3, -0.25) is 0 Å². The summed E-state index contributed by atoms with van der Waals surface area (Å²) >= 11 is 0. The van der Waals surface area contributed by atoms with E-state index in [1.54, 1.807) is 6.92 Å². The number of oxime groups is 1. The molecular formula is C33H32N2O4. The van der Waals surface area contributed by atoms with Gasteiger partial charge in [-0.2, -0.15) is 0 Å². The fourth-order valence-corrected chi connectivity index (χ4v) is 4.81. The number of para-hydroxylation sites is 2. The van der Waals surface area contributed by atoms with Gasteiger partial charge in [-0.05, 0) is 55.3 Å². The van der Waals surface area contributed by atoms with Crippen LogP contribution in [0.2, 0.25) is 0 Å². The van der Waals surface area contributed by atoms with E-state index in [0.29, 0.717) is 31.9 Å². The second kappa shape index (κ2) is 12.3. The summed E-state index contributed by atoms with van der Waals surface area (Å²) in [4.78, 5) is 17.6. The van der Waals surface area contributed by atoms with Gasteiger partial charge in [0.05, 0.1) is 18.9 Å². The van der Waals surface area contributed by atoms with Crippen molar-refractivity contribution in [2.24, 2.45) is 5.16 Å². The average molecular weight is 521 g/mol. The van der Waals surface area contributed by atoms with Crippen molar-refractivity contribution in [2.75, 3.05) is 19.8 Å². The smallest absolute Gasteiger partial charge is 0.344 e. The number of benzene rings is 4. The first-order chi connectivity index (χ1) is 19.1. The number of carbonyl (C=O) groups excluding carboxylic acids is 1. The molecule has 5 aromatic rings. The SMILES string of the molecule is CCOC(=O)COc1ccc(/C(Cc2ccccc2)=N/OCCn2c3ccccc3c3ccccc32)cc1C. The molecule has 0 aliphatic heterocycles. The normalized spacial score (nSPS) is 11.6. The predicted octanol–water partition coefficient (Wildman–Crippen LogP) is 6.71. The van der Waals surface area contributed by atoms with E-state index < -0.39 is 0 Å². The van der Waals surface area contributed by atoms with Gasteiger partial charge in [0.15, 0.2) is 6.61 Å². The number of aromatic nitrogens is 1. The summed E-state index contributed by atoms with van der Waals surface area (Å²) in [6.07, 6.45) is 0.624. The van der Waals surface area contributed by atoms with Crippen LogP contribution in [0.3, 0.4) is 0 Å². The Balaban J connectivity index is 1.35. The first-order valence-electron chi connectivity index (χ1n) is 13.2. The lowest BCUT2D eigenvalue weighted by Gasteiger charge is -2.12. The maximum absolute atomic E-state index is 11.7. The zero-order chi connectivity index (χ0) is 27.0. The van der Waals surface area contributed by atoms with Crippen LogP contribution in [0, 0.1) is 6.92 Å². The molecule has 0 atom stereocenters. The molecule has 0 unspecified atom stereocenters. The van der Waals surface area contributed by atoms with Crippen molar-refractivity contribution in [2.45, 2.75) is 26.8 Å². The number of ether oxygens (including phenoxy) is 2. The fraction of sp³-hybridized carbons (Fsp3) is 0.212. The molecule has 6 heteroatoms. The second-order valence-electron chi connectivity index (χ2n) is 9.29. The summed E-state index contributed by atoms with van der Waals surface area (Å²) in [5, 5.41) is 7.08. The molecule has 0 fully saturated rings. The van der Waals surface area contributed by atoms with Gasteiger partial charge in [0.1, 0.15) is 12.4 Å². The minimum absolute atomic E-state index is 0.120. The molecule has 1 heterocycles. The number of rotatable bonds is 11. The van der Waals surface area contributed by atoms with E-state index in [1.807, 2.05) is 43.3 Å². The third-order valence-electron chi connectivity index (χ3n) is 6.63. The standard InChI is InChI=1S/C33H32N2O4/c1-3-37-33(36)23-38-32-18-17-26(21-24(32)2)29(22-25-11-5-4-6-12-25)34-39-20-19-35-30-15-9-7-13-27(30)28-14-8-10-16-31(28)35/h4-18,21H,3,19-20,22-23H2,1-2H3/b34-29+. The van der Waals surface area contributed by atoms with E-state index in [0.717, 1.165) is 22.4 Å². The lowest BCUT2D eigenvalue weighted by atomic mass is 10.0. The molecule has 0 aliphatic rings. The summed E-state index contributed by atoms with van der Waals surface area (Å²) in [6.45, 7) is 5.04. The van der Waals surface area contributed by atoms with Crippen molar-refractivity contribution in [3.63, 3.8) is 0 Å². The van der Waals surface area contributed by atoms with E-state index >= 15 is 0 Å². The van der Waals surface area contributed by atoms with Gasteiger partial charge < -0.3 is 18.9 Å². The van der Waals surface area contributed by atoms with Crippen LogP contribution in [0.25, 0.3) is 21.8 Å². The van der Waals surface area contributed by atoms with Crippen LogP contribution in [0.4, 0.5) is 0 Å². The molecular weight excluding hydrogens is 488 g/mol. The Bertz CT molecular complexity index is 1550. The second-order valence-corrected chi connectivity index (χ2v) is 9.29. The Morgan fingerprint density at radius 2 is 1.51 bits per heavy atom. The summed E-state index contributed by atoms with van der Waals surface area (Å²) in [5.74, 6) is 0.252. The first-order valence-corrected chi connectivity index (χ1v) is 13.2. The number of aryl methyl sites for hydroxylation is 1. The van der Waals surface area contributed by atoms with Gasteiger partial charge in [0, 0.05) is 33.8 Å². The monoisotopic (exact) mass is 520 g/mol. The average Bonchev–Trinajstić information content (AvgIpc) is 3.28. The highest BCUT2D eigenvalue weighted by Crippen LogP contribution is 2.28. The minimum Gasteiger partial charge on any atom is -0.482 e. The summed E-state index contributed by atoms with van der Waals surface area (Å²) in [6, 6.07) is 32.9. The third kappa shape index (κ3) is 6.12. The third-order valence-corrected chi connectivity index (χ3v) is 6.63. The topological polar surface area (TPSA) is 62.1 Å². The molecule has 0 saturated carbocycles. The van der Waals surface area contributed by atoms with E-state index in [4.69, 9.17) is 14.3 Å². The molecule has 1 aromatic heterocycles. The van der Waals surface area contributed by atoms with Crippen LogP contribution in [0.5, 0.6) is 5.75 Å². The highest BCUT2D eigenvalue weighted by atomic mass is 16.6. The molecule has 0 bridgehead atoms. The van der Waals surface area contributed by atoms with Crippen LogP contribution in [0.15, 0.2) is 102 Å². The van der Waals surface area contributed by atoms with Crippen LogP contribution >= 0.6 is 0 Å². The van der Waals surface area contributed by atoms with Crippen molar-refractivity contribution in [3.8, 4) is 5.75 Å². The lowest BCUT2D eigenvalue weighted by molar-refractivity contribution is -0.145. The van der Waals surface area contributed by atoms with Crippen molar-refractivity contribution in [1.29, 1.82) is 0 Å². The molecule has 0 spiro atoms. The van der Waals surface area contributed by atoms with Crippen LogP contribution in [-0.2, 0) is 27.3 Å². The van der Waals surface area contributed by atoms with Gasteiger partial charge >= 0.3 is 5.97 Å². The molecule has 6 nitrogen and oxygen atoms in total. The Morgan fingerprint density at radius 1 is 0.846 bits per heavy atom. The van der Waals surface area contributed by atoms with Crippen LogP contribution in [-0.4, -0.2) is 36.1 Å². The maximum atomic E-state index is 11.7. The van der Waals surface area contributed by atoms with Crippen molar-refractivity contribution in [3.05, 3.63) is 114 Å². The Kier molecular flexibility index (Phi) is 8.22. The maximum Gasteiger partial charge on any atom is 0.344 e. The summed E-state index contributed by atoms with van der Waals surface area (Å²) in [7, 11) is 0. The van der Waals surface area contributed by atoms with E-state index in [-0.39, 0.29) is 12.6 Å². The van der Waals surface area contributed by atoms with E-state index in [9.17, 15) is 4.79 Å². The molecule has 0 aliphatic carbocycles. The molecule has 5 rings (SSSR count). The molecule has 39 heavy (non-hydrogen) atoms. The van der Waals surface area contributed by atoms with Crippen LogP contribution in [0.1, 0.15) is 23.6 Å². The molecule has 198 valence electrons. The Morgan fingerprint density at radius 3 is 2.18 bits per heavy atom. The first kappa shape index (κ1) is 26.0. The molecule has 0 amide bonds. The van der Waals surface area contributed by atoms with Crippen molar-refractivity contribution >= 4 is 33.5 Å². The number of fused-ring (bicyclic) bond motifs is 3. The van der Waals surface area contributed by atoms with Crippen LogP contribution < -0.4 is 4.74 Å². The van der Waals surface area contributed by atoms with Crippen molar-refractivity contribution < 1.29 is 19.1 Å². The largest absolute Gasteiger partial charge is 0.482 e. The number of hydrogen-bond donors (Lipinski definition) is 0. The molecule has 0 radical (unpaired) electrons. The highest BCUT2D eigenvalue weighted by Gasteiger charge is 2.12. The number of esters is 1. The summed E-state index contributed by atoms with van der Waals surface area (Å²) in [5.41, 5.74) is 6.18. The number of carbonyl (C=O) groups is 1. The fourth-order valence-electron chi connectivity index (χ4n) is 4.81. The van der Waals surface area contributed by atoms with E-state index in [2.05, 4.69) is 70.4 Å². The molecule has 0 saturated heterocycles. The van der Waals surface area contributed by atoms with E-state index in [1.165, 1.54) is 21.8 Å². The number of hydrogen-bond acceptors (Lipinski definition) is 5. The summed E-state index contributed by atoms with van der Waals surface area (Å²) < 4.78 is 12.9. The minimum atomic E-state index is -0.385. The van der Waals surface area contributed by atoms with Gasteiger partial charge in [0.2, 0.25) is 0 Å². The zero-order valence-electron chi connectivity index (χ0n) is 22.3. The zero-order valence-corrected chi connectivity index (χ0v) is 22.3. The lowest BCUT2D eigenvalue weighted by Crippen LogP contribution is -2.15. The van der Waals surface area contributed by atoms with Gasteiger partial charge in [0.25, 0.3) is 0 Å². The highest BCUT2D eigenvalue weighted by molar-refractivity contribution is 6.08. The Labute approximate surface area is 228 Å². The van der Waals surface area contributed by atoms with Crippen molar-refractivity contribution in [1.82, 2.24) is 4.57 Å². The van der Waals surface area contributed by atoms with Gasteiger partial charge in [-0.25, -0.2) is 4.79 Å². The number of nitrogens with zero attached hydrogens (tertiary/aromatic N) is 2. The Hall–Kier alpha value is -4.58. The van der Waals surface area contributed by atoms with Gasteiger partial charge in [-0.1, -0.05) is 71.9 Å².